The van der Waals surface area contributed by atoms with Gasteiger partial charge in [0.25, 0.3) is 5.56 Å². The van der Waals surface area contributed by atoms with Gasteiger partial charge < -0.3 is 4.98 Å². The molecule has 0 bridgehead atoms. The van der Waals surface area contributed by atoms with Gasteiger partial charge in [0.05, 0.1) is 6.54 Å². The molecule has 0 atom stereocenters. The molecule has 1 N–H and O–H groups in total. The molecule has 3 heteroatoms. The minimum atomic E-state index is 0.0403. The minimum Gasteiger partial charge on any atom is -0.341 e. The molecule has 0 saturated heterocycles. The first-order chi connectivity index (χ1) is 12.3. The maximum absolute atomic E-state index is 13.2. The summed E-state index contributed by atoms with van der Waals surface area (Å²) in [5.74, 6) is 0. The average Bonchev–Trinajstić information content (AvgIpc) is 3.05. The number of aromatic nitrogens is 2. The molecule has 3 aromatic carbocycles. The topological polar surface area (TPSA) is 37.8 Å². The Kier molecular flexibility index (Phi) is 3.01. The summed E-state index contributed by atoms with van der Waals surface area (Å²) in [5.41, 5.74) is 3.09. The molecule has 0 unspecified atom stereocenters. The highest BCUT2D eigenvalue weighted by Gasteiger charge is 2.15. The zero-order valence-corrected chi connectivity index (χ0v) is 13.6. The molecule has 5 rings (SSSR count). The zero-order chi connectivity index (χ0) is 16.8. The van der Waals surface area contributed by atoms with Crippen LogP contribution in [-0.2, 0) is 6.54 Å². The first-order valence-electron chi connectivity index (χ1n) is 8.39. The number of para-hydroxylation sites is 1. The van der Waals surface area contributed by atoms with Crippen molar-refractivity contribution in [3.05, 3.63) is 94.8 Å². The standard InChI is InChI=1S/C22H16N2O/c25-22-17-11-5-4-10-16(17)20-18-12-6-7-13-19(18)23-21(20)24(22)14-15-8-2-1-3-9-15/h1-13,23H,14H2. The summed E-state index contributed by atoms with van der Waals surface area (Å²) in [7, 11) is 0. The van der Waals surface area contributed by atoms with E-state index >= 15 is 0 Å². The summed E-state index contributed by atoms with van der Waals surface area (Å²) < 4.78 is 1.85. The Balaban J connectivity index is 1.95. The van der Waals surface area contributed by atoms with Crippen LogP contribution in [0.25, 0.3) is 32.7 Å². The molecular weight excluding hydrogens is 308 g/mol. The van der Waals surface area contributed by atoms with Crippen molar-refractivity contribution in [1.82, 2.24) is 9.55 Å². The Morgan fingerprint density at radius 2 is 1.36 bits per heavy atom. The largest absolute Gasteiger partial charge is 0.341 e. The molecule has 5 aromatic rings. The third-order valence-corrected chi connectivity index (χ3v) is 4.81. The Labute approximate surface area is 144 Å². The molecule has 0 aliphatic carbocycles. The van der Waals surface area contributed by atoms with Crippen molar-refractivity contribution < 1.29 is 0 Å². The van der Waals surface area contributed by atoms with Crippen LogP contribution in [0.2, 0.25) is 0 Å². The lowest BCUT2D eigenvalue weighted by Crippen LogP contribution is -2.21. The lowest BCUT2D eigenvalue weighted by molar-refractivity contribution is 0.794. The summed E-state index contributed by atoms with van der Waals surface area (Å²) in [5, 5.41) is 4.03. The molecular formula is C22H16N2O. The monoisotopic (exact) mass is 324 g/mol. The Hall–Kier alpha value is -3.33. The highest BCUT2D eigenvalue weighted by Crippen LogP contribution is 2.30. The van der Waals surface area contributed by atoms with Crippen LogP contribution in [0.5, 0.6) is 0 Å². The van der Waals surface area contributed by atoms with Gasteiger partial charge in [-0.3, -0.25) is 9.36 Å². The van der Waals surface area contributed by atoms with E-state index in [4.69, 9.17) is 0 Å². The number of rotatable bonds is 2. The molecule has 0 aliphatic heterocycles. The van der Waals surface area contributed by atoms with Crippen molar-refractivity contribution in [2.24, 2.45) is 0 Å². The molecule has 2 heterocycles. The first kappa shape index (κ1) is 14.1. The van der Waals surface area contributed by atoms with Gasteiger partial charge in [-0.25, -0.2) is 0 Å². The first-order valence-corrected chi connectivity index (χ1v) is 8.39. The van der Waals surface area contributed by atoms with E-state index in [1.54, 1.807) is 0 Å². The van der Waals surface area contributed by atoms with E-state index in [9.17, 15) is 4.79 Å². The van der Waals surface area contributed by atoms with Crippen LogP contribution in [0.15, 0.2) is 83.7 Å². The normalized spacial score (nSPS) is 11.5. The average molecular weight is 324 g/mol. The van der Waals surface area contributed by atoms with Crippen molar-refractivity contribution in [2.45, 2.75) is 6.54 Å². The van der Waals surface area contributed by atoms with Crippen LogP contribution in [-0.4, -0.2) is 9.55 Å². The predicted molar refractivity (Wildman–Crippen MR) is 103 cm³/mol. The number of fused-ring (bicyclic) bond motifs is 5. The van der Waals surface area contributed by atoms with Gasteiger partial charge in [0.15, 0.2) is 0 Å². The van der Waals surface area contributed by atoms with E-state index in [1.165, 1.54) is 0 Å². The molecule has 0 spiro atoms. The maximum atomic E-state index is 13.2. The van der Waals surface area contributed by atoms with E-state index in [0.717, 1.165) is 38.3 Å². The summed E-state index contributed by atoms with van der Waals surface area (Å²) in [4.78, 5) is 16.6. The van der Waals surface area contributed by atoms with Gasteiger partial charge in [-0.05, 0) is 23.1 Å². The van der Waals surface area contributed by atoms with Gasteiger partial charge in [0.1, 0.15) is 5.65 Å². The zero-order valence-electron chi connectivity index (χ0n) is 13.6. The van der Waals surface area contributed by atoms with Gasteiger partial charge in [-0.15, -0.1) is 0 Å². The Morgan fingerprint density at radius 3 is 2.16 bits per heavy atom. The Bertz CT molecular complexity index is 1280. The van der Waals surface area contributed by atoms with Gasteiger partial charge in [0.2, 0.25) is 0 Å². The third-order valence-electron chi connectivity index (χ3n) is 4.81. The molecule has 0 amide bonds. The number of hydrogen-bond acceptors (Lipinski definition) is 1. The maximum Gasteiger partial charge on any atom is 0.260 e. The molecule has 0 aliphatic rings. The molecule has 120 valence electrons. The number of nitrogens with zero attached hydrogens (tertiary/aromatic N) is 1. The fraction of sp³-hybridized carbons (Fsp3) is 0.0455. The number of nitrogens with one attached hydrogen (secondary N) is 1. The summed E-state index contributed by atoms with van der Waals surface area (Å²) in [6, 6.07) is 26.2. The number of H-pyrrole nitrogens is 1. The van der Waals surface area contributed by atoms with Gasteiger partial charge in [-0.1, -0.05) is 66.7 Å². The van der Waals surface area contributed by atoms with E-state index < -0.39 is 0 Å². The summed E-state index contributed by atoms with van der Waals surface area (Å²) in [6.07, 6.45) is 0. The molecule has 0 fully saturated rings. The van der Waals surface area contributed by atoms with Gasteiger partial charge in [0, 0.05) is 21.7 Å². The van der Waals surface area contributed by atoms with Crippen LogP contribution in [0.4, 0.5) is 0 Å². The van der Waals surface area contributed by atoms with Crippen LogP contribution >= 0.6 is 0 Å². The smallest absolute Gasteiger partial charge is 0.260 e. The van der Waals surface area contributed by atoms with Crippen molar-refractivity contribution in [1.29, 1.82) is 0 Å². The van der Waals surface area contributed by atoms with Gasteiger partial charge in [-0.2, -0.15) is 0 Å². The molecule has 0 saturated carbocycles. The molecule has 0 radical (unpaired) electrons. The number of hydrogen-bond donors (Lipinski definition) is 1. The third kappa shape index (κ3) is 2.09. The second kappa shape index (κ2) is 5.35. The quantitative estimate of drug-likeness (QED) is 0.503. The van der Waals surface area contributed by atoms with Crippen LogP contribution < -0.4 is 5.56 Å². The van der Waals surface area contributed by atoms with E-state index in [-0.39, 0.29) is 5.56 Å². The van der Waals surface area contributed by atoms with Crippen molar-refractivity contribution in [3.8, 4) is 0 Å². The lowest BCUT2D eigenvalue weighted by Gasteiger charge is -2.10. The van der Waals surface area contributed by atoms with Gasteiger partial charge >= 0.3 is 0 Å². The predicted octanol–water partition coefficient (Wildman–Crippen LogP) is 4.68. The van der Waals surface area contributed by atoms with E-state index in [1.807, 2.05) is 59.2 Å². The molecule has 25 heavy (non-hydrogen) atoms. The number of aromatic amines is 1. The number of pyridine rings is 1. The second-order valence-corrected chi connectivity index (χ2v) is 6.32. The fourth-order valence-electron chi connectivity index (χ4n) is 3.65. The molecule has 2 aromatic heterocycles. The number of benzene rings is 3. The van der Waals surface area contributed by atoms with Crippen LogP contribution in [0.3, 0.4) is 0 Å². The van der Waals surface area contributed by atoms with Crippen LogP contribution in [0.1, 0.15) is 5.56 Å². The van der Waals surface area contributed by atoms with Crippen molar-refractivity contribution >= 4 is 32.7 Å². The molecule has 3 nitrogen and oxygen atoms in total. The SMILES string of the molecule is O=c1c2ccccc2c2c3ccccc3[nH]c2n1Cc1ccccc1. The Morgan fingerprint density at radius 1 is 0.720 bits per heavy atom. The highest BCUT2D eigenvalue weighted by molar-refractivity contribution is 6.18. The minimum absolute atomic E-state index is 0.0403. The summed E-state index contributed by atoms with van der Waals surface area (Å²) >= 11 is 0. The van der Waals surface area contributed by atoms with Crippen molar-refractivity contribution in [2.75, 3.05) is 0 Å². The summed E-state index contributed by atoms with van der Waals surface area (Å²) in [6.45, 7) is 0.549. The highest BCUT2D eigenvalue weighted by atomic mass is 16.1. The fourth-order valence-corrected chi connectivity index (χ4v) is 3.65. The van der Waals surface area contributed by atoms with E-state index in [2.05, 4.69) is 29.2 Å². The van der Waals surface area contributed by atoms with E-state index in [0.29, 0.717) is 6.54 Å². The lowest BCUT2D eigenvalue weighted by atomic mass is 10.1. The van der Waals surface area contributed by atoms with Crippen LogP contribution in [0, 0.1) is 0 Å². The second-order valence-electron chi connectivity index (χ2n) is 6.32. The van der Waals surface area contributed by atoms with Crippen molar-refractivity contribution in [3.63, 3.8) is 0 Å².